The molecule has 2 N–H and O–H groups in total. The molecule has 2 rings (SSSR count). The number of amides is 2. The minimum absolute atomic E-state index is 0.0112. The highest BCUT2D eigenvalue weighted by atomic mass is 32.2. The molecule has 1 fully saturated rings. The summed E-state index contributed by atoms with van der Waals surface area (Å²) in [7, 11) is -1.31. The van der Waals surface area contributed by atoms with Gasteiger partial charge in [0.25, 0.3) is 0 Å². The van der Waals surface area contributed by atoms with E-state index in [1.807, 2.05) is 31.2 Å². The molecule has 0 aliphatic carbocycles. The first kappa shape index (κ1) is 17.6. The van der Waals surface area contributed by atoms with Gasteiger partial charge >= 0.3 is 6.03 Å². The van der Waals surface area contributed by atoms with Crippen molar-refractivity contribution in [2.45, 2.75) is 25.8 Å². The third kappa shape index (κ3) is 4.86. The minimum atomic E-state index is -2.91. The zero-order valence-electron chi connectivity index (χ0n) is 13.5. The summed E-state index contributed by atoms with van der Waals surface area (Å²) >= 11 is 0. The van der Waals surface area contributed by atoms with E-state index in [2.05, 4.69) is 10.6 Å². The summed E-state index contributed by atoms with van der Waals surface area (Å²) in [5.41, 5.74) is 0.927. The Morgan fingerprint density at radius 2 is 2.13 bits per heavy atom. The van der Waals surface area contributed by atoms with Crippen molar-refractivity contribution >= 4 is 15.9 Å². The lowest BCUT2D eigenvalue weighted by Crippen LogP contribution is -2.40. The maximum absolute atomic E-state index is 12.1. The van der Waals surface area contributed by atoms with E-state index in [1.165, 1.54) is 0 Å². The van der Waals surface area contributed by atoms with Gasteiger partial charge in [-0.15, -0.1) is 0 Å². The topological polar surface area (TPSA) is 84.5 Å². The number of benzene rings is 1. The largest absolute Gasteiger partial charge is 0.496 e. The summed E-state index contributed by atoms with van der Waals surface area (Å²) in [5, 5.41) is 5.70. The average Bonchev–Trinajstić information content (AvgIpc) is 2.89. The van der Waals surface area contributed by atoms with E-state index in [4.69, 9.17) is 4.74 Å². The van der Waals surface area contributed by atoms with E-state index in [-0.39, 0.29) is 29.5 Å². The number of nitrogens with one attached hydrogen (secondary N) is 2. The van der Waals surface area contributed by atoms with E-state index in [1.54, 1.807) is 7.11 Å². The summed E-state index contributed by atoms with van der Waals surface area (Å²) in [5.74, 6) is 1.13. The third-order valence-corrected chi connectivity index (χ3v) is 5.94. The Labute approximate surface area is 137 Å². The molecule has 1 aliphatic rings. The molecule has 1 aliphatic heterocycles. The smallest absolute Gasteiger partial charge is 0.315 e. The van der Waals surface area contributed by atoms with Crippen LogP contribution in [0.5, 0.6) is 5.75 Å². The molecule has 0 bridgehead atoms. The minimum Gasteiger partial charge on any atom is -0.496 e. The molecule has 0 spiro atoms. The standard InChI is InChI=1S/C16H24N2O4S/c1-3-14(13-6-4-5-7-15(13)22-2)18-16(19)17-10-12-8-9-23(20,21)11-12/h4-7,12,14H,3,8-11H2,1-2H3,(H2,17,18,19). The molecule has 6 nitrogen and oxygen atoms in total. The second-order valence-corrected chi connectivity index (χ2v) is 8.05. The van der Waals surface area contributed by atoms with Crippen LogP contribution >= 0.6 is 0 Å². The number of carbonyl (C=O) groups is 1. The van der Waals surface area contributed by atoms with Crippen molar-refractivity contribution < 1.29 is 17.9 Å². The van der Waals surface area contributed by atoms with Gasteiger partial charge in [0, 0.05) is 12.1 Å². The lowest BCUT2D eigenvalue weighted by Gasteiger charge is -2.20. The zero-order valence-corrected chi connectivity index (χ0v) is 14.4. The Morgan fingerprint density at radius 3 is 2.74 bits per heavy atom. The maximum atomic E-state index is 12.1. The van der Waals surface area contributed by atoms with Crippen LogP contribution in [-0.4, -0.2) is 39.6 Å². The molecule has 0 aromatic heterocycles. The monoisotopic (exact) mass is 340 g/mol. The molecule has 2 atom stereocenters. The highest BCUT2D eigenvalue weighted by Crippen LogP contribution is 2.26. The molecule has 7 heteroatoms. The summed E-state index contributed by atoms with van der Waals surface area (Å²) < 4.78 is 28.2. The molecule has 0 saturated carbocycles. The van der Waals surface area contributed by atoms with Crippen molar-refractivity contribution in [2.24, 2.45) is 5.92 Å². The lowest BCUT2D eigenvalue weighted by molar-refractivity contribution is 0.235. The molecule has 128 valence electrons. The number of para-hydroxylation sites is 1. The third-order valence-electron chi connectivity index (χ3n) is 4.11. The predicted octanol–water partition coefficient (Wildman–Crippen LogP) is 1.88. The van der Waals surface area contributed by atoms with Crippen LogP contribution < -0.4 is 15.4 Å². The Kier molecular flexibility index (Phi) is 5.87. The first-order chi connectivity index (χ1) is 10.9. The normalized spacial score (nSPS) is 20.7. The van der Waals surface area contributed by atoms with Gasteiger partial charge in [0.05, 0.1) is 24.7 Å². The molecule has 23 heavy (non-hydrogen) atoms. The number of rotatable bonds is 6. The van der Waals surface area contributed by atoms with E-state index in [9.17, 15) is 13.2 Å². The van der Waals surface area contributed by atoms with Crippen molar-refractivity contribution in [1.82, 2.24) is 10.6 Å². The molecule has 1 saturated heterocycles. The zero-order chi connectivity index (χ0) is 16.9. The van der Waals surface area contributed by atoms with Crippen molar-refractivity contribution in [2.75, 3.05) is 25.2 Å². The summed E-state index contributed by atoms with van der Waals surface area (Å²) in [6.45, 7) is 2.37. The number of hydrogen-bond donors (Lipinski definition) is 2. The lowest BCUT2D eigenvalue weighted by atomic mass is 10.0. The van der Waals surface area contributed by atoms with Gasteiger partial charge in [0.15, 0.2) is 9.84 Å². The Bertz CT molecular complexity index is 645. The van der Waals surface area contributed by atoms with Crippen LogP contribution in [0.1, 0.15) is 31.4 Å². The van der Waals surface area contributed by atoms with Crippen LogP contribution in [-0.2, 0) is 9.84 Å². The quantitative estimate of drug-likeness (QED) is 0.828. The predicted molar refractivity (Wildman–Crippen MR) is 89.3 cm³/mol. The van der Waals surface area contributed by atoms with Gasteiger partial charge < -0.3 is 15.4 Å². The van der Waals surface area contributed by atoms with Crippen LogP contribution in [0.2, 0.25) is 0 Å². The first-order valence-corrected chi connectivity index (χ1v) is 9.65. The number of methoxy groups -OCH3 is 1. The molecular weight excluding hydrogens is 316 g/mol. The van der Waals surface area contributed by atoms with Gasteiger partial charge in [-0.2, -0.15) is 0 Å². The highest BCUT2D eigenvalue weighted by molar-refractivity contribution is 7.91. The Morgan fingerprint density at radius 1 is 1.39 bits per heavy atom. The van der Waals surface area contributed by atoms with Crippen LogP contribution in [0.3, 0.4) is 0 Å². The molecule has 2 unspecified atom stereocenters. The van der Waals surface area contributed by atoms with E-state index < -0.39 is 9.84 Å². The number of hydrogen-bond acceptors (Lipinski definition) is 4. The van der Waals surface area contributed by atoms with Crippen molar-refractivity contribution in [1.29, 1.82) is 0 Å². The number of ether oxygens (including phenoxy) is 1. The van der Waals surface area contributed by atoms with Crippen LogP contribution in [0.15, 0.2) is 24.3 Å². The van der Waals surface area contributed by atoms with Gasteiger partial charge in [-0.05, 0) is 24.8 Å². The van der Waals surface area contributed by atoms with Gasteiger partial charge in [-0.25, -0.2) is 13.2 Å². The molecule has 1 heterocycles. The Balaban J connectivity index is 1.90. The second-order valence-electron chi connectivity index (χ2n) is 5.83. The number of urea groups is 1. The van der Waals surface area contributed by atoms with Crippen molar-refractivity contribution in [3.63, 3.8) is 0 Å². The fourth-order valence-electron chi connectivity index (χ4n) is 2.83. The van der Waals surface area contributed by atoms with Gasteiger partial charge in [0.1, 0.15) is 5.75 Å². The van der Waals surface area contributed by atoms with Crippen molar-refractivity contribution in [3.8, 4) is 5.75 Å². The summed E-state index contributed by atoms with van der Waals surface area (Å²) in [6, 6.07) is 7.14. The van der Waals surface area contributed by atoms with Gasteiger partial charge in [0.2, 0.25) is 0 Å². The SMILES string of the molecule is CCC(NC(=O)NCC1CCS(=O)(=O)C1)c1ccccc1OC. The number of carbonyl (C=O) groups excluding carboxylic acids is 1. The Hall–Kier alpha value is -1.76. The fourth-order valence-corrected chi connectivity index (χ4v) is 4.70. The molecule has 1 aromatic carbocycles. The second kappa shape index (κ2) is 7.68. The fraction of sp³-hybridized carbons (Fsp3) is 0.562. The summed E-state index contributed by atoms with van der Waals surface area (Å²) in [4.78, 5) is 12.1. The molecular formula is C16H24N2O4S. The highest BCUT2D eigenvalue weighted by Gasteiger charge is 2.28. The van der Waals surface area contributed by atoms with Gasteiger partial charge in [-0.3, -0.25) is 0 Å². The van der Waals surface area contributed by atoms with E-state index >= 15 is 0 Å². The first-order valence-electron chi connectivity index (χ1n) is 7.83. The van der Waals surface area contributed by atoms with Crippen LogP contribution in [0.25, 0.3) is 0 Å². The maximum Gasteiger partial charge on any atom is 0.315 e. The molecule has 0 radical (unpaired) electrons. The average molecular weight is 340 g/mol. The van der Waals surface area contributed by atoms with Gasteiger partial charge in [-0.1, -0.05) is 25.1 Å². The van der Waals surface area contributed by atoms with E-state index in [0.717, 1.165) is 17.7 Å². The number of sulfone groups is 1. The molecule has 1 aromatic rings. The van der Waals surface area contributed by atoms with Crippen LogP contribution in [0.4, 0.5) is 4.79 Å². The molecule has 2 amide bonds. The summed E-state index contributed by atoms with van der Waals surface area (Å²) in [6.07, 6.45) is 1.35. The van der Waals surface area contributed by atoms with Crippen molar-refractivity contribution in [3.05, 3.63) is 29.8 Å². The van der Waals surface area contributed by atoms with Crippen LogP contribution in [0, 0.1) is 5.92 Å². The van der Waals surface area contributed by atoms with E-state index in [0.29, 0.717) is 13.0 Å².